The molecule has 0 fully saturated rings. The third-order valence-corrected chi connectivity index (χ3v) is 1.59. The third-order valence-electron chi connectivity index (χ3n) is 1.59. The van der Waals surface area contributed by atoms with Crippen molar-refractivity contribution >= 4 is 6.29 Å². The Morgan fingerprint density at radius 2 is 2.21 bits per heavy atom. The molecule has 1 aromatic carbocycles. The Hall–Kier alpha value is -1.35. The number of hydrogen-bond donors (Lipinski definition) is 1. The molecule has 14 heavy (non-hydrogen) atoms. The molecule has 0 unspecified atom stereocenters. The summed E-state index contributed by atoms with van der Waals surface area (Å²) in [6, 6.07) is 6.82. The van der Waals surface area contributed by atoms with Crippen LogP contribution in [0.15, 0.2) is 24.3 Å². The molecule has 0 spiro atoms. The Morgan fingerprint density at radius 1 is 1.50 bits per heavy atom. The van der Waals surface area contributed by atoms with Gasteiger partial charge < -0.3 is 9.84 Å². The van der Waals surface area contributed by atoms with Crippen molar-refractivity contribution < 1.29 is 14.6 Å². The second-order valence-electron chi connectivity index (χ2n) is 3.79. The van der Waals surface area contributed by atoms with Crippen LogP contribution in [-0.4, -0.2) is 23.6 Å². The summed E-state index contributed by atoms with van der Waals surface area (Å²) < 4.78 is 5.30. The third kappa shape index (κ3) is 3.58. The maximum absolute atomic E-state index is 10.5. The highest BCUT2D eigenvalue weighted by atomic mass is 16.5. The monoisotopic (exact) mass is 194 g/mol. The molecule has 76 valence electrons. The maximum Gasteiger partial charge on any atom is 0.150 e. The molecular weight excluding hydrogens is 180 g/mol. The van der Waals surface area contributed by atoms with E-state index in [-0.39, 0.29) is 6.61 Å². The van der Waals surface area contributed by atoms with Gasteiger partial charge in [-0.15, -0.1) is 0 Å². The van der Waals surface area contributed by atoms with Crippen LogP contribution in [0.4, 0.5) is 0 Å². The lowest BCUT2D eigenvalue weighted by Gasteiger charge is -2.17. The first-order chi connectivity index (χ1) is 6.51. The normalized spacial score (nSPS) is 11.1. The lowest BCUT2D eigenvalue weighted by Crippen LogP contribution is -2.27. The first-order valence-corrected chi connectivity index (χ1v) is 4.42. The van der Waals surface area contributed by atoms with Crippen molar-refractivity contribution in [2.45, 2.75) is 19.4 Å². The molecule has 0 amide bonds. The number of rotatable bonds is 4. The van der Waals surface area contributed by atoms with Crippen molar-refractivity contribution in [2.24, 2.45) is 0 Å². The van der Waals surface area contributed by atoms with Crippen molar-refractivity contribution in [2.75, 3.05) is 6.61 Å². The van der Waals surface area contributed by atoms with E-state index in [0.29, 0.717) is 11.3 Å². The fourth-order valence-electron chi connectivity index (χ4n) is 0.938. The van der Waals surface area contributed by atoms with Gasteiger partial charge in [-0.1, -0.05) is 12.1 Å². The number of carbonyl (C=O) groups is 1. The number of aliphatic hydroxyl groups is 1. The van der Waals surface area contributed by atoms with Crippen LogP contribution < -0.4 is 4.74 Å². The molecule has 0 aliphatic heterocycles. The van der Waals surface area contributed by atoms with Gasteiger partial charge in [-0.2, -0.15) is 0 Å². The van der Waals surface area contributed by atoms with E-state index in [2.05, 4.69) is 0 Å². The zero-order chi connectivity index (χ0) is 10.6. The zero-order valence-electron chi connectivity index (χ0n) is 8.36. The Morgan fingerprint density at radius 3 is 2.79 bits per heavy atom. The van der Waals surface area contributed by atoms with Crippen LogP contribution in [0.25, 0.3) is 0 Å². The Bertz CT molecular complexity index is 313. The molecule has 1 N–H and O–H groups in total. The molecule has 0 aromatic heterocycles. The summed E-state index contributed by atoms with van der Waals surface area (Å²) in [5.41, 5.74) is -0.296. The summed E-state index contributed by atoms with van der Waals surface area (Å²) in [6.45, 7) is 3.53. The molecule has 0 atom stereocenters. The first-order valence-electron chi connectivity index (χ1n) is 4.42. The van der Waals surface area contributed by atoms with Gasteiger partial charge in [0.05, 0.1) is 5.60 Å². The molecule has 3 nitrogen and oxygen atoms in total. The maximum atomic E-state index is 10.5. The summed E-state index contributed by atoms with van der Waals surface area (Å²) >= 11 is 0. The molecule has 0 bridgehead atoms. The molecule has 0 radical (unpaired) electrons. The Labute approximate surface area is 83.3 Å². The van der Waals surface area contributed by atoms with Gasteiger partial charge in [0.2, 0.25) is 0 Å². The van der Waals surface area contributed by atoms with Crippen molar-refractivity contribution in [3.8, 4) is 5.75 Å². The van der Waals surface area contributed by atoms with Gasteiger partial charge in [-0.25, -0.2) is 0 Å². The molecular formula is C11H14O3. The lowest BCUT2D eigenvalue weighted by atomic mass is 10.1. The second kappa shape index (κ2) is 4.24. The van der Waals surface area contributed by atoms with Gasteiger partial charge in [-0.05, 0) is 26.0 Å². The predicted octanol–water partition coefficient (Wildman–Crippen LogP) is 1.65. The zero-order valence-corrected chi connectivity index (χ0v) is 8.36. The summed E-state index contributed by atoms with van der Waals surface area (Å²) in [5, 5.41) is 9.41. The Kier molecular flexibility index (Phi) is 3.25. The molecule has 0 saturated carbocycles. The minimum Gasteiger partial charge on any atom is -0.491 e. The SMILES string of the molecule is CC(C)(O)COc1cccc(C=O)c1. The van der Waals surface area contributed by atoms with Crippen molar-refractivity contribution in [3.05, 3.63) is 29.8 Å². The number of ether oxygens (including phenoxy) is 1. The van der Waals surface area contributed by atoms with Crippen LogP contribution in [-0.2, 0) is 0 Å². The largest absolute Gasteiger partial charge is 0.491 e. The fraction of sp³-hybridized carbons (Fsp3) is 0.364. The van der Waals surface area contributed by atoms with Crippen LogP contribution in [0.5, 0.6) is 5.75 Å². The van der Waals surface area contributed by atoms with Crippen LogP contribution in [0, 0.1) is 0 Å². The van der Waals surface area contributed by atoms with Gasteiger partial charge in [0, 0.05) is 5.56 Å². The van der Waals surface area contributed by atoms with Crippen molar-refractivity contribution in [1.29, 1.82) is 0 Å². The van der Waals surface area contributed by atoms with Gasteiger partial charge in [0.1, 0.15) is 18.6 Å². The summed E-state index contributed by atoms with van der Waals surface area (Å²) in [4.78, 5) is 10.5. The topological polar surface area (TPSA) is 46.5 Å². The highest BCUT2D eigenvalue weighted by molar-refractivity contribution is 5.75. The number of aldehydes is 1. The van der Waals surface area contributed by atoms with Crippen LogP contribution in [0.3, 0.4) is 0 Å². The van der Waals surface area contributed by atoms with E-state index in [9.17, 15) is 9.90 Å². The number of carbonyl (C=O) groups excluding carboxylic acids is 1. The molecule has 1 rings (SSSR count). The highest BCUT2D eigenvalue weighted by Crippen LogP contribution is 2.13. The van der Waals surface area contributed by atoms with Gasteiger partial charge in [0.25, 0.3) is 0 Å². The lowest BCUT2D eigenvalue weighted by molar-refractivity contribution is 0.0285. The average Bonchev–Trinajstić information content (AvgIpc) is 2.14. The van der Waals surface area contributed by atoms with Crippen molar-refractivity contribution in [3.63, 3.8) is 0 Å². The van der Waals surface area contributed by atoms with Crippen molar-refractivity contribution in [1.82, 2.24) is 0 Å². The Balaban J connectivity index is 2.63. The van der Waals surface area contributed by atoms with E-state index < -0.39 is 5.60 Å². The van der Waals surface area contributed by atoms with E-state index in [1.807, 2.05) is 0 Å². The quantitative estimate of drug-likeness (QED) is 0.741. The average molecular weight is 194 g/mol. The molecule has 3 heteroatoms. The summed E-state index contributed by atoms with van der Waals surface area (Å²) in [6.07, 6.45) is 0.761. The molecule has 0 aliphatic carbocycles. The van der Waals surface area contributed by atoms with E-state index in [0.717, 1.165) is 6.29 Å². The molecule has 1 aromatic rings. The van der Waals surface area contributed by atoms with E-state index in [1.54, 1.807) is 38.1 Å². The van der Waals surface area contributed by atoms with Crippen LogP contribution in [0.1, 0.15) is 24.2 Å². The summed E-state index contributed by atoms with van der Waals surface area (Å²) in [5.74, 6) is 0.594. The fourth-order valence-corrected chi connectivity index (χ4v) is 0.938. The molecule has 0 aliphatic rings. The smallest absolute Gasteiger partial charge is 0.150 e. The predicted molar refractivity (Wildman–Crippen MR) is 53.6 cm³/mol. The first kappa shape index (κ1) is 10.7. The van der Waals surface area contributed by atoms with Crippen LogP contribution >= 0.6 is 0 Å². The van der Waals surface area contributed by atoms with E-state index in [1.165, 1.54) is 0 Å². The van der Waals surface area contributed by atoms with Gasteiger partial charge in [0.15, 0.2) is 0 Å². The van der Waals surface area contributed by atoms with E-state index >= 15 is 0 Å². The highest BCUT2D eigenvalue weighted by Gasteiger charge is 2.13. The number of hydrogen-bond acceptors (Lipinski definition) is 3. The molecule has 0 heterocycles. The minimum atomic E-state index is -0.864. The number of benzene rings is 1. The molecule has 0 saturated heterocycles. The second-order valence-corrected chi connectivity index (χ2v) is 3.79. The van der Waals surface area contributed by atoms with Gasteiger partial charge in [-0.3, -0.25) is 4.79 Å². The van der Waals surface area contributed by atoms with E-state index in [4.69, 9.17) is 4.74 Å². The standard InChI is InChI=1S/C11H14O3/c1-11(2,13)8-14-10-5-3-4-9(6-10)7-12/h3-7,13H,8H2,1-2H3. The van der Waals surface area contributed by atoms with Crippen LogP contribution in [0.2, 0.25) is 0 Å². The minimum absolute atomic E-state index is 0.204. The summed E-state index contributed by atoms with van der Waals surface area (Å²) in [7, 11) is 0. The van der Waals surface area contributed by atoms with Gasteiger partial charge >= 0.3 is 0 Å².